The molecule has 0 aliphatic heterocycles. The lowest BCUT2D eigenvalue weighted by molar-refractivity contribution is -0.123. The van der Waals surface area contributed by atoms with Crippen molar-refractivity contribution in [2.45, 2.75) is 32.7 Å². The van der Waals surface area contributed by atoms with Crippen LogP contribution in [0.25, 0.3) is 0 Å². The molecule has 0 fully saturated rings. The molecule has 0 unspecified atom stereocenters. The van der Waals surface area contributed by atoms with Crippen LogP contribution in [-0.4, -0.2) is 51.7 Å². The Hall–Kier alpha value is -2.58. The maximum atomic E-state index is 12.0. The highest BCUT2D eigenvalue weighted by Crippen LogP contribution is 2.19. The summed E-state index contributed by atoms with van der Waals surface area (Å²) >= 11 is 0. The van der Waals surface area contributed by atoms with Crippen LogP contribution in [0.1, 0.15) is 30.9 Å². The number of carbonyl (C=O) groups is 1. The van der Waals surface area contributed by atoms with Crippen LogP contribution in [0, 0.1) is 0 Å². The summed E-state index contributed by atoms with van der Waals surface area (Å²) in [5.74, 6) is 1.28. The lowest BCUT2D eigenvalue weighted by Gasteiger charge is -2.14. The van der Waals surface area contributed by atoms with Gasteiger partial charge in [0, 0.05) is 20.1 Å². The fourth-order valence-electron chi connectivity index (χ4n) is 2.84. The van der Waals surface area contributed by atoms with Gasteiger partial charge >= 0.3 is 0 Å². The van der Waals surface area contributed by atoms with Gasteiger partial charge in [0.05, 0.1) is 12.9 Å². The summed E-state index contributed by atoms with van der Waals surface area (Å²) in [6, 6.07) is 15.0. The lowest BCUT2D eigenvalue weighted by atomic mass is 10.1. The van der Waals surface area contributed by atoms with Crippen LogP contribution < -0.4 is 14.8 Å². The van der Waals surface area contributed by atoms with Crippen molar-refractivity contribution in [3.63, 3.8) is 0 Å². The largest absolute Gasteiger partial charge is 0.493 e. The summed E-state index contributed by atoms with van der Waals surface area (Å²) in [6.07, 6.45) is 3.76. The molecule has 31 heavy (non-hydrogen) atoms. The van der Waals surface area contributed by atoms with Crippen molar-refractivity contribution in [1.29, 1.82) is 0 Å². The van der Waals surface area contributed by atoms with Crippen LogP contribution >= 0.6 is 0 Å². The normalized spacial score (nSPS) is 11.4. The molecule has 0 spiro atoms. The highest BCUT2D eigenvalue weighted by molar-refractivity contribution is 7.88. The monoisotopic (exact) mass is 448 g/mol. The predicted octanol–water partition coefficient (Wildman–Crippen LogP) is 2.99. The number of nitrogens with one attached hydrogen (secondary N) is 1. The molecule has 2 rings (SSSR count). The van der Waals surface area contributed by atoms with Crippen molar-refractivity contribution in [3.8, 4) is 11.5 Å². The third kappa shape index (κ3) is 8.98. The van der Waals surface area contributed by atoms with E-state index in [0.717, 1.165) is 36.1 Å². The Morgan fingerprint density at radius 3 is 2.45 bits per heavy atom. The summed E-state index contributed by atoms with van der Waals surface area (Å²) in [5.41, 5.74) is 1.98. The van der Waals surface area contributed by atoms with Gasteiger partial charge < -0.3 is 14.8 Å². The van der Waals surface area contributed by atoms with Crippen LogP contribution in [0.5, 0.6) is 11.5 Å². The third-order valence-corrected chi connectivity index (χ3v) is 5.91. The van der Waals surface area contributed by atoms with Gasteiger partial charge in [0.15, 0.2) is 6.61 Å². The Bertz CT molecular complexity index is 929. The average molecular weight is 449 g/mol. The van der Waals surface area contributed by atoms with E-state index in [1.807, 2.05) is 24.3 Å². The van der Waals surface area contributed by atoms with Gasteiger partial charge in [-0.15, -0.1) is 0 Å². The zero-order chi connectivity index (χ0) is 22.7. The van der Waals surface area contributed by atoms with Crippen LogP contribution in [0.2, 0.25) is 0 Å². The number of hydrogen-bond acceptors (Lipinski definition) is 5. The molecule has 2 aromatic rings. The average Bonchev–Trinajstić information content (AvgIpc) is 2.74. The van der Waals surface area contributed by atoms with E-state index in [4.69, 9.17) is 9.47 Å². The second-order valence-electron chi connectivity index (χ2n) is 7.36. The third-order valence-electron chi connectivity index (χ3n) is 4.64. The van der Waals surface area contributed by atoms with E-state index in [-0.39, 0.29) is 19.1 Å². The van der Waals surface area contributed by atoms with Gasteiger partial charge in [-0.05, 0) is 48.6 Å². The fraction of sp³-hybridized carbons (Fsp3) is 0.435. The second-order valence-corrected chi connectivity index (χ2v) is 9.45. The van der Waals surface area contributed by atoms with Gasteiger partial charge in [0.25, 0.3) is 5.91 Å². The Kier molecular flexibility index (Phi) is 9.81. The zero-order valence-corrected chi connectivity index (χ0v) is 19.3. The van der Waals surface area contributed by atoms with E-state index in [1.54, 1.807) is 24.3 Å². The quantitative estimate of drug-likeness (QED) is 0.476. The number of hydrogen-bond donors (Lipinski definition) is 1. The molecule has 0 aliphatic carbocycles. The van der Waals surface area contributed by atoms with Gasteiger partial charge in [0.1, 0.15) is 11.5 Å². The summed E-state index contributed by atoms with van der Waals surface area (Å²) in [5, 5.41) is 2.86. The summed E-state index contributed by atoms with van der Waals surface area (Å²) in [4.78, 5) is 12.0. The molecular formula is C23H32N2O5S. The van der Waals surface area contributed by atoms with Crippen LogP contribution in [-0.2, 0) is 27.8 Å². The molecule has 7 nitrogen and oxygen atoms in total. The number of aryl methyl sites for hydroxylation is 1. The van der Waals surface area contributed by atoms with Gasteiger partial charge in [-0.3, -0.25) is 4.79 Å². The Labute approximate surface area is 185 Å². The number of nitrogens with zero attached hydrogens (tertiary/aromatic N) is 1. The number of amides is 1. The Morgan fingerprint density at radius 1 is 1.06 bits per heavy atom. The first-order valence-electron chi connectivity index (χ1n) is 10.4. The highest BCUT2D eigenvalue weighted by atomic mass is 32.2. The number of benzene rings is 2. The molecule has 1 N–H and O–H groups in total. The Balaban J connectivity index is 1.69. The van der Waals surface area contributed by atoms with Crippen LogP contribution in [0.3, 0.4) is 0 Å². The van der Waals surface area contributed by atoms with Gasteiger partial charge in [0.2, 0.25) is 10.0 Å². The van der Waals surface area contributed by atoms with Crippen molar-refractivity contribution in [2.24, 2.45) is 0 Å². The molecule has 0 saturated carbocycles. The molecule has 0 atom stereocenters. The predicted molar refractivity (Wildman–Crippen MR) is 122 cm³/mol. The van der Waals surface area contributed by atoms with Crippen molar-refractivity contribution in [3.05, 3.63) is 59.7 Å². The van der Waals surface area contributed by atoms with Gasteiger partial charge in [-0.25, -0.2) is 12.7 Å². The summed E-state index contributed by atoms with van der Waals surface area (Å²) in [7, 11) is -1.70. The number of sulfonamides is 1. The van der Waals surface area contributed by atoms with E-state index < -0.39 is 10.0 Å². The maximum Gasteiger partial charge on any atom is 0.257 e. The topological polar surface area (TPSA) is 84.9 Å². The van der Waals surface area contributed by atoms with Gasteiger partial charge in [-0.2, -0.15) is 0 Å². The molecular weight excluding hydrogens is 416 g/mol. The van der Waals surface area contributed by atoms with E-state index in [1.165, 1.54) is 17.6 Å². The number of rotatable bonds is 13. The zero-order valence-electron chi connectivity index (χ0n) is 18.5. The molecule has 0 bridgehead atoms. The second kappa shape index (κ2) is 12.3. The maximum absolute atomic E-state index is 12.0. The fourth-order valence-corrected chi connectivity index (χ4v) is 3.22. The highest BCUT2D eigenvalue weighted by Gasteiger charge is 2.11. The Morgan fingerprint density at radius 2 is 1.77 bits per heavy atom. The molecule has 0 aliphatic rings. The number of ether oxygens (including phenoxy) is 2. The summed E-state index contributed by atoms with van der Waals surface area (Å²) < 4.78 is 35.5. The minimum atomic E-state index is -3.23. The van der Waals surface area contributed by atoms with Crippen LogP contribution in [0.15, 0.2) is 48.5 Å². The van der Waals surface area contributed by atoms with E-state index in [9.17, 15) is 13.2 Å². The van der Waals surface area contributed by atoms with Crippen LogP contribution in [0.4, 0.5) is 0 Å². The van der Waals surface area contributed by atoms with E-state index in [2.05, 4.69) is 12.2 Å². The number of para-hydroxylation sites is 1. The molecule has 0 heterocycles. The summed E-state index contributed by atoms with van der Waals surface area (Å²) in [6.45, 7) is 3.54. The lowest BCUT2D eigenvalue weighted by Crippen LogP contribution is -2.30. The standard InChI is InChI=1S/C23H32N2O5S/c1-4-16-29-22-10-6-5-8-20(22)9-7-15-24-23(26)18-30-21-13-11-19(12-14-21)17-25(2)31(3,27)28/h5-6,8,10-14H,4,7,9,15-18H2,1-3H3,(H,24,26). The number of carbonyl (C=O) groups excluding carboxylic acids is 1. The molecule has 1 amide bonds. The van der Waals surface area contributed by atoms with Crippen molar-refractivity contribution >= 4 is 15.9 Å². The first kappa shape index (κ1) is 24.7. The molecule has 170 valence electrons. The van der Waals surface area contributed by atoms with Crippen molar-refractivity contribution in [1.82, 2.24) is 9.62 Å². The molecule has 0 aromatic heterocycles. The van der Waals surface area contributed by atoms with E-state index >= 15 is 0 Å². The first-order chi connectivity index (χ1) is 14.8. The van der Waals surface area contributed by atoms with Crippen molar-refractivity contribution < 1.29 is 22.7 Å². The molecule has 8 heteroatoms. The van der Waals surface area contributed by atoms with Crippen molar-refractivity contribution in [2.75, 3.05) is 33.1 Å². The SMILES string of the molecule is CCCOc1ccccc1CCCNC(=O)COc1ccc(CN(C)S(C)(=O)=O)cc1. The molecule has 0 radical (unpaired) electrons. The van der Waals surface area contributed by atoms with E-state index in [0.29, 0.717) is 18.9 Å². The molecule has 2 aromatic carbocycles. The molecule has 0 saturated heterocycles. The smallest absolute Gasteiger partial charge is 0.257 e. The van der Waals surface area contributed by atoms with Gasteiger partial charge in [-0.1, -0.05) is 37.3 Å². The minimum Gasteiger partial charge on any atom is -0.493 e. The minimum absolute atomic E-state index is 0.0706. The first-order valence-corrected chi connectivity index (χ1v) is 12.2.